The van der Waals surface area contributed by atoms with Crippen molar-refractivity contribution >= 4 is 6.29 Å². The molecule has 4 nitrogen and oxygen atoms in total. The van der Waals surface area contributed by atoms with Gasteiger partial charge >= 0.3 is 0 Å². The predicted octanol–water partition coefficient (Wildman–Crippen LogP) is 1.69. The number of benzene rings is 1. The lowest BCUT2D eigenvalue weighted by Crippen LogP contribution is -1.83. The van der Waals surface area contributed by atoms with Crippen molar-refractivity contribution in [3.63, 3.8) is 0 Å². The fraction of sp³-hybridized carbons (Fsp3) is 0. The van der Waals surface area contributed by atoms with Crippen LogP contribution in [0.2, 0.25) is 0 Å². The van der Waals surface area contributed by atoms with Crippen LogP contribution in [0.25, 0.3) is 11.4 Å². The number of rotatable bonds is 2. The van der Waals surface area contributed by atoms with E-state index in [2.05, 4.69) is 14.7 Å². The zero-order valence-corrected chi connectivity index (χ0v) is 6.98. The van der Waals surface area contributed by atoms with E-state index in [1.54, 1.807) is 6.07 Å². The Morgan fingerprint density at radius 2 is 2.29 bits per heavy atom. The van der Waals surface area contributed by atoms with Crippen LogP contribution in [0.4, 0.5) is 4.39 Å². The molecule has 5 heteroatoms. The van der Waals surface area contributed by atoms with Crippen LogP contribution in [0.1, 0.15) is 10.7 Å². The molecule has 0 radical (unpaired) electrons. The summed E-state index contributed by atoms with van der Waals surface area (Å²) in [5.74, 6) is -0.309. The Labute approximate surface area is 78.4 Å². The van der Waals surface area contributed by atoms with Crippen molar-refractivity contribution in [3.8, 4) is 11.4 Å². The Morgan fingerprint density at radius 1 is 1.43 bits per heavy atom. The monoisotopic (exact) mass is 192 g/mol. The van der Waals surface area contributed by atoms with Crippen LogP contribution in [0, 0.1) is 5.82 Å². The molecule has 70 valence electrons. The number of halogens is 1. The third kappa shape index (κ3) is 1.52. The lowest BCUT2D eigenvalue weighted by atomic mass is 10.2. The standard InChI is InChI=1S/C9H5FN2O2/c10-7-3-1-2-6(4-7)9-11-8(5-13)14-12-9/h1-5H. The maximum Gasteiger partial charge on any atom is 0.291 e. The summed E-state index contributed by atoms with van der Waals surface area (Å²) in [5.41, 5.74) is 0.474. The molecule has 0 saturated carbocycles. The van der Waals surface area contributed by atoms with Gasteiger partial charge in [0.05, 0.1) is 0 Å². The quantitative estimate of drug-likeness (QED) is 0.679. The smallest absolute Gasteiger partial charge is 0.291 e. The van der Waals surface area contributed by atoms with E-state index in [4.69, 9.17) is 0 Å². The first kappa shape index (κ1) is 8.55. The van der Waals surface area contributed by atoms with Crippen molar-refractivity contribution in [2.24, 2.45) is 0 Å². The molecule has 1 aromatic heterocycles. The van der Waals surface area contributed by atoms with Crippen molar-refractivity contribution in [2.45, 2.75) is 0 Å². The molecule has 0 aliphatic carbocycles. The highest BCUT2D eigenvalue weighted by molar-refractivity contribution is 5.68. The van der Waals surface area contributed by atoms with Gasteiger partial charge in [-0.2, -0.15) is 4.98 Å². The van der Waals surface area contributed by atoms with Crippen molar-refractivity contribution in [1.82, 2.24) is 10.1 Å². The summed E-state index contributed by atoms with van der Waals surface area (Å²) < 4.78 is 17.3. The molecule has 1 heterocycles. The molecule has 0 bridgehead atoms. The Hall–Kier alpha value is -2.04. The van der Waals surface area contributed by atoms with E-state index < -0.39 is 0 Å². The summed E-state index contributed by atoms with van der Waals surface area (Å²) in [6.45, 7) is 0. The average Bonchev–Trinajstić information content (AvgIpc) is 2.66. The average molecular weight is 192 g/mol. The minimum absolute atomic E-state index is 0.121. The maximum absolute atomic E-state index is 12.8. The molecule has 1 aromatic carbocycles. The molecular formula is C9H5FN2O2. The van der Waals surface area contributed by atoms with Gasteiger partial charge in [0, 0.05) is 5.56 Å². The zero-order valence-electron chi connectivity index (χ0n) is 6.98. The molecule has 2 aromatic rings. The van der Waals surface area contributed by atoms with Gasteiger partial charge in [-0.25, -0.2) is 4.39 Å². The van der Waals surface area contributed by atoms with Crippen LogP contribution in [-0.4, -0.2) is 16.4 Å². The van der Waals surface area contributed by atoms with Crippen LogP contribution >= 0.6 is 0 Å². The molecule has 0 N–H and O–H groups in total. The van der Waals surface area contributed by atoms with Gasteiger partial charge in [0.15, 0.2) is 0 Å². The van der Waals surface area contributed by atoms with Crippen molar-refractivity contribution in [2.75, 3.05) is 0 Å². The van der Waals surface area contributed by atoms with Gasteiger partial charge in [0.25, 0.3) is 5.89 Å². The molecule has 0 atom stereocenters. The number of hydrogen-bond acceptors (Lipinski definition) is 4. The second-order valence-corrected chi connectivity index (χ2v) is 2.58. The molecule has 0 fully saturated rings. The minimum Gasteiger partial charge on any atom is -0.331 e. The van der Waals surface area contributed by atoms with Crippen molar-refractivity contribution in [3.05, 3.63) is 36.0 Å². The molecule has 0 unspecified atom stereocenters. The highest BCUT2D eigenvalue weighted by Gasteiger charge is 2.07. The normalized spacial score (nSPS) is 10.1. The summed E-state index contributed by atoms with van der Waals surface area (Å²) in [6.07, 6.45) is 0.440. The zero-order chi connectivity index (χ0) is 9.97. The van der Waals surface area contributed by atoms with E-state index in [1.165, 1.54) is 18.2 Å². The van der Waals surface area contributed by atoms with Gasteiger partial charge < -0.3 is 4.52 Å². The van der Waals surface area contributed by atoms with Gasteiger partial charge in [-0.15, -0.1) is 0 Å². The first-order valence-electron chi connectivity index (χ1n) is 3.84. The largest absolute Gasteiger partial charge is 0.331 e. The number of carbonyl (C=O) groups is 1. The van der Waals surface area contributed by atoms with Crippen LogP contribution in [-0.2, 0) is 0 Å². The van der Waals surface area contributed by atoms with E-state index in [1.807, 2.05) is 0 Å². The highest BCUT2D eigenvalue weighted by Crippen LogP contribution is 2.15. The lowest BCUT2D eigenvalue weighted by molar-refractivity contribution is 0.108. The fourth-order valence-corrected chi connectivity index (χ4v) is 1.03. The van der Waals surface area contributed by atoms with Gasteiger partial charge in [-0.05, 0) is 12.1 Å². The third-order valence-corrected chi connectivity index (χ3v) is 1.63. The van der Waals surface area contributed by atoms with Crippen LogP contribution < -0.4 is 0 Å². The minimum atomic E-state index is -0.389. The van der Waals surface area contributed by atoms with Gasteiger partial charge in [0.1, 0.15) is 5.82 Å². The van der Waals surface area contributed by atoms with Crippen LogP contribution in [0.15, 0.2) is 28.8 Å². The summed E-state index contributed by atoms with van der Waals surface area (Å²) in [4.78, 5) is 14.0. The first-order chi connectivity index (χ1) is 6.79. The molecular weight excluding hydrogens is 187 g/mol. The van der Waals surface area contributed by atoms with E-state index in [0.717, 1.165) is 0 Å². The molecule has 14 heavy (non-hydrogen) atoms. The molecule has 0 spiro atoms. The summed E-state index contributed by atoms with van der Waals surface area (Å²) >= 11 is 0. The Balaban J connectivity index is 2.43. The number of carbonyl (C=O) groups excluding carboxylic acids is 1. The second kappa shape index (κ2) is 3.37. The molecule has 0 amide bonds. The molecule has 0 aliphatic heterocycles. The third-order valence-electron chi connectivity index (χ3n) is 1.63. The van der Waals surface area contributed by atoms with E-state index >= 15 is 0 Å². The van der Waals surface area contributed by atoms with E-state index in [9.17, 15) is 9.18 Å². The van der Waals surface area contributed by atoms with Gasteiger partial charge in [-0.3, -0.25) is 4.79 Å². The Morgan fingerprint density at radius 3 is 2.93 bits per heavy atom. The van der Waals surface area contributed by atoms with Gasteiger partial charge in [0.2, 0.25) is 12.1 Å². The number of aromatic nitrogens is 2. The Kier molecular flexibility index (Phi) is 2.06. The first-order valence-corrected chi connectivity index (χ1v) is 3.84. The van der Waals surface area contributed by atoms with Crippen molar-refractivity contribution in [1.29, 1.82) is 0 Å². The summed E-state index contributed by atoms with van der Waals surface area (Å²) in [5, 5.41) is 3.51. The van der Waals surface area contributed by atoms with Crippen LogP contribution in [0.3, 0.4) is 0 Å². The highest BCUT2D eigenvalue weighted by atomic mass is 19.1. The topological polar surface area (TPSA) is 56.0 Å². The molecule has 0 saturated heterocycles. The molecule has 0 aliphatic rings. The lowest BCUT2D eigenvalue weighted by Gasteiger charge is -1.92. The van der Waals surface area contributed by atoms with E-state index in [-0.39, 0.29) is 17.5 Å². The summed E-state index contributed by atoms with van der Waals surface area (Å²) in [7, 11) is 0. The maximum atomic E-state index is 12.8. The second-order valence-electron chi connectivity index (χ2n) is 2.58. The van der Waals surface area contributed by atoms with Gasteiger partial charge in [-0.1, -0.05) is 17.3 Å². The Bertz CT molecular complexity index is 467. The van der Waals surface area contributed by atoms with E-state index in [0.29, 0.717) is 11.8 Å². The number of hydrogen-bond donors (Lipinski definition) is 0. The number of nitrogens with zero attached hydrogens (tertiary/aromatic N) is 2. The summed E-state index contributed by atoms with van der Waals surface area (Å²) in [6, 6.07) is 5.73. The molecule has 2 rings (SSSR count). The SMILES string of the molecule is O=Cc1nc(-c2cccc(F)c2)no1. The predicted molar refractivity (Wildman–Crippen MR) is 45.1 cm³/mol. The number of aldehydes is 1. The van der Waals surface area contributed by atoms with Crippen molar-refractivity contribution < 1.29 is 13.7 Å². The van der Waals surface area contributed by atoms with Crippen LogP contribution in [0.5, 0.6) is 0 Å². The fourth-order valence-electron chi connectivity index (χ4n) is 1.03.